The molecule has 0 radical (unpaired) electrons. The standard InChI is InChI=1S/C28H24N6O3/c1-18-3-2-14-30-25(18)28(12-13-28)27(37)31-24(26(35)36)15-22-17-34(33-32-22)23-10-8-21(9-11-23)20-6-4-19(16-29)5-7-20/h2-11,14,17,24H,12-13,15H2,1H3,(H,31,37)(H,35,36). The molecule has 1 unspecified atom stereocenters. The van der Waals surface area contributed by atoms with Crippen molar-refractivity contribution >= 4 is 11.9 Å². The third kappa shape index (κ3) is 4.82. The monoisotopic (exact) mass is 492 g/mol. The van der Waals surface area contributed by atoms with E-state index in [0.29, 0.717) is 29.8 Å². The number of aromatic nitrogens is 4. The summed E-state index contributed by atoms with van der Waals surface area (Å²) in [6.45, 7) is 1.90. The van der Waals surface area contributed by atoms with Crippen molar-refractivity contribution in [3.63, 3.8) is 0 Å². The van der Waals surface area contributed by atoms with Crippen molar-refractivity contribution in [1.82, 2.24) is 25.3 Å². The molecule has 5 rings (SSSR count). The molecule has 0 bridgehead atoms. The quantitative estimate of drug-likeness (QED) is 0.385. The second-order valence-electron chi connectivity index (χ2n) is 9.21. The molecule has 1 saturated carbocycles. The molecule has 1 fully saturated rings. The summed E-state index contributed by atoms with van der Waals surface area (Å²) < 4.78 is 1.57. The molecular formula is C28H24N6O3. The van der Waals surface area contributed by atoms with Crippen LogP contribution in [-0.2, 0) is 21.4 Å². The van der Waals surface area contributed by atoms with E-state index in [1.165, 1.54) is 0 Å². The summed E-state index contributed by atoms with van der Waals surface area (Å²) in [5, 5.41) is 29.7. The van der Waals surface area contributed by atoms with Crippen LogP contribution >= 0.6 is 0 Å². The van der Waals surface area contributed by atoms with Crippen molar-refractivity contribution in [2.24, 2.45) is 0 Å². The van der Waals surface area contributed by atoms with Crippen molar-refractivity contribution in [3.8, 4) is 22.9 Å². The first-order valence-corrected chi connectivity index (χ1v) is 11.9. The van der Waals surface area contributed by atoms with E-state index in [4.69, 9.17) is 5.26 Å². The first-order chi connectivity index (χ1) is 17.9. The van der Waals surface area contributed by atoms with Crippen LogP contribution in [-0.4, -0.2) is 43.0 Å². The number of rotatable bonds is 8. The molecule has 0 spiro atoms. The number of benzene rings is 2. The van der Waals surface area contributed by atoms with E-state index in [1.54, 1.807) is 29.2 Å². The molecule has 2 heterocycles. The molecule has 2 aromatic carbocycles. The highest BCUT2D eigenvalue weighted by Gasteiger charge is 2.54. The highest BCUT2D eigenvalue weighted by Crippen LogP contribution is 2.48. The number of aryl methyl sites for hydroxylation is 1. The third-order valence-electron chi connectivity index (χ3n) is 6.68. The van der Waals surface area contributed by atoms with Gasteiger partial charge in [-0.2, -0.15) is 5.26 Å². The number of hydrogen-bond donors (Lipinski definition) is 2. The number of carboxylic acids is 1. The fourth-order valence-electron chi connectivity index (χ4n) is 4.45. The molecule has 1 aliphatic rings. The minimum absolute atomic E-state index is 0.00167. The Morgan fingerprint density at radius 1 is 1.11 bits per heavy atom. The Labute approximate surface area is 213 Å². The molecular weight excluding hydrogens is 468 g/mol. The Morgan fingerprint density at radius 3 is 2.38 bits per heavy atom. The first-order valence-electron chi connectivity index (χ1n) is 11.9. The molecule has 9 heteroatoms. The van der Waals surface area contributed by atoms with Crippen LogP contribution in [0.1, 0.15) is 35.4 Å². The molecule has 2 aromatic heterocycles. The largest absolute Gasteiger partial charge is 0.480 e. The fourth-order valence-corrected chi connectivity index (χ4v) is 4.45. The number of nitrogens with zero attached hydrogens (tertiary/aromatic N) is 5. The molecule has 184 valence electrons. The van der Waals surface area contributed by atoms with E-state index in [-0.39, 0.29) is 12.3 Å². The summed E-state index contributed by atoms with van der Waals surface area (Å²) in [6, 6.07) is 19.7. The molecule has 37 heavy (non-hydrogen) atoms. The van der Waals surface area contributed by atoms with Crippen LogP contribution in [0.5, 0.6) is 0 Å². The van der Waals surface area contributed by atoms with Gasteiger partial charge < -0.3 is 10.4 Å². The summed E-state index contributed by atoms with van der Waals surface area (Å²) in [5.74, 6) is -1.46. The molecule has 1 aliphatic carbocycles. The Bertz CT molecular complexity index is 1500. The molecule has 0 aliphatic heterocycles. The van der Waals surface area contributed by atoms with Gasteiger partial charge in [0.15, 0.2) is 0 Å². The van der Waals surface area contributed by atoms with Gasteiger partial charge in [0, 0.05) is 12.6 Å². The number of aliphatic carboxylic acids is 1. The van der Waals surface area contributed by atoms with Crippen LogP contribution in [0, 0.1) is 18.3 Å². The zero-order chi connectivity index (χ0) is 26.0. The lowest BCUT2D eigenvalue weighted by atomic mass is 9.96. The van der Waals surface area contributed by atoms with E-state index in [2.05, 4.69) is 26.7 Å². The Morgan fingerprint density at radius 2 is 1.78 bits per heavy atom. The smallest absolute Gasteiger partial charge is 0.326 e. The molecule has 1 atom stereocenters. The molecule has 0 saturated heterocycles. The van der Waals surface area contributed by atoms with Gasteiger partial charge in [-0.25, -0.2) is 9.48 Å². The maximum atomic E-state index is 13.1. The van der Waals surface area contributed by atoms with Crippen LogP contribution in [0.25, 0.3) is 16.8 Å². The van der Waals surface area contributed by atoms with Crippen LogP contribution in [0.4, 0.5) is 0 Å². The van der Waals surface area contributed by atoms with Crippen LogP contribution in [0.2, 0.25) is 0 Å². The van der Waals surface area contributed by atoms with Gasteiger partial charge in [-0.3, -0.25) is 9.78 Å². The number of carbonyl (C=O) groups is 2. The normalized spacial score (nSPS) is 14.4. The van der Waals surface area contributed by atoms with Gasteiger partial charge in [0.2, 0.25) is 5.91 Å². The summed E-state index contributed by atoms with van der Waals surface area (Å²) in [4.78, 5) is 29.5. The lowest BCUT2D eigenvalue weighted by Crippen LogP contribution is -2.47. The SMILES string of the molecule is Cc1cccnc1C1(C(=O)NC(Cc2cn(-c3ccc(-c4ccc(C#N)cc4)cc3)nn2)C(=O)O)CC1. The zero-order valence-electron chi connectivity index (χ0n) is 20.1. The number of amides is 1. The van der Waals surface area contributed by atoms with Crippen molar-refractivity contribution in [3.05, 3.63) is 95.6 Å². The lowest BCUT2D eigenvalue weighted by Gasteiger charge is -2.20. The molecule has 2 N–H and O–H groups in total. The minimum Gasteiger partial charge on any atom is -0.480 e. The number of hydrogen-bond acceptors (Lipinski definition) is 6. The first kappa shape index (κ1) is 23.9. The average molecular weight is 493 g/mol. The van der Waals surface area contributed by atoms with E-state index in [0.717, 1.165) is 22.4 Å². The lowest BCUT2D eigenvalue weighted by molar-refractivity contribution is -0.142. The van der Waals surface area contributed by atoms with Gasteiger partial charge >= 0.3 is 5.97 Å². The predicted molar refractivity (Wildman–Crippen MR) is 135 cm³/mol. The molecule has 9 nitrogen and oxygen atoms in total. The van der Waals surface area contributed by atoms with Crippen molar-refractivity contribution in [2.75, 3.05) is 0 Å². The van der Waals surface area contributed by atoms with E-state index >= 15 is 0 Å². The van der Waals surface area contributed by atoms with Gasteiger partial charge in [0.1, 0.15) is 6.04 Å². The fraction of sp³-hybridized carbons (Fsp3) is 0.214. The van der Waals surface area contributed by atoms with Crippen molar-refractivity contribution in [2.45, 2.75) is 37.6 Å². The number of carbonyl (C=O) groups excluding carboxylic acids is 1. The predicted octanol–water partition coefficient (Wildman–Crippen LogP) is 3.35. The van der Waals surface area contributed by atoms with E-state index < -0.39 is 17.4 Å². The van der Waals surface area contributed by atoms with Crippen LogP contribution in [0.15, 0.2) is 73.1 Å². The van der Waals surface area contributed by atoms with E-state index in [1.807, 2.05) is 55.5 Å². The van der Waals surface area contributed by atoms with Crippen molar-refractivity contribution in [1.29, 1.82) is 5.26 Å². The Hall–Kier alpha value is -4.84. The second-order valence-corrected chi connectivity index (χ2v) is 9.21. The van der Waals surface area contributed by atoms with Gasteiger partial charge in [-0.05, 0) is 66.8 Å². The van der Waals surface area contributed by atoms with E-state index in [9.17, 15) is 14.7 Å². The Kier molecular flexibility index (Phi) is 6.24. The summed E-state index contributed by atoms with van der Waals surface area (Å²) in [5.41, 5.74) is 4.62. The highest BCUT2D eigenvalue weighted by molar-refractivity contribution is 5.94. The number of carboxylic acid groups (broad SMARTS) is 1. The number of nitrogens with one attached hydrogen (secondary N) is 1. The van der Waals surface area contributed by atoms with Gasteiger partial charge in [-0.15, -0.1) is 5.10 Å². The minimum atomic E-state index is -1.14. The van der Waals surface area contributed by atoms with Gasteiger partial charge in [-0.1, -0.05) is 35.5 Å². The zero-order valence-corrected chi connectivity index (χ0v) is 20.1. The second kappa shape index (κ2) is 9.66. The average Bonchev–Trinajstić information content (AvgIpc) is 3.60. The third-order valence-corrected chi connectivity index (χ3v) is 6.68. The van der Waals surface area contributed by atoms with Crippen LogP contribution < -0.4 is 5.32 Å². The molecule has 4 aromatic rings. The summed E-state index contributed by atoms with van der Waals surface area (Å²) in [6.07, 6.45) is 4.59. The summed E-state index contributed by atoms with van der Waals surface area (Å²) >= 11 is 0. The molecule has 1 amide bonds. The van der Waals surface area contributed by atoms with Gasteiger partial charge in [0.05, 0.1) is 40.3 Å². The maximum absolute atomic E-state index is 13.1. The van der Waals surface area contributed by atoms with Crippen molar-refractivity contribution < 1.29 is 14.7 Å². The number of pyridine rings is 1. The van der Waals surface area contributed by atoms with Gasteiger partial charge in [0.25, 0.3) is 0 Å². The number of nitriles is 1. The maximum Gasteiger partial charge on any atom is 0.326 e. The summed E-state index contributed by atoms with van der Waals surface area (Å²) in [7, 11) is 0. The van der Waals surface area contributed by atoms with Crippen LogP contribution in [0.3, 0.4) is 0 Å². The highest BCUT2D eigenvalue weighted by atomic mass is 16.4. The topological polar surface area (TPSA) is 134 Å². The Balaban J connectivity index is 1.28.